The number of nitrogens with zero attached hydrogens (tertiary/aromatic N) is 2. The molecule has 2 aromatic rings. The minimum atomic E-state index is 0.302. The van der Waals surface area contributed by atoms with Crippen LogP contribution >= 0.6 is 11.3 Å². The zero-order chi connectivity index (χ0) is 11.8. The molecule has 0 spiro atoms. The minimum Gasteiger partial charge on any atom is -0.375 e. The number of nitrogen functional groups attached to an aromatic ring is 1. The number of fused-ring (bicyclic) bond motifs is 1. The van der Waals surface area contributed by atoms with Gasteiger partial charge in [0, 0.05) is 10.8 Å². The number of thiazole rings is 1. The predicted molar refractivity (Wildman–Crippen MR) is 67.8 cm³/mol. The van der Waals surface area contributed by atoms with Crippen LogP contribution in [0.25, 0.3) is 0 Å². The topological polar surface area (TPSA) is 62.7 Å². The fraction of sp³-hybridized carbons (Fsp3) is 0.231. The van der Waals surface area contributed by atoms with Gasteiger partial charge in [-0.15, -0.1) is 11.3 Å². The highest BCUT2D eigenvalue weighted by atomic mass is 32.1. The number of nitriles is 1. The maximum atomic E-state index is 9.15. The van der Waals surface area contributed by atoms with Crippen molar-refractivity contribution >= 4 is 16.5 Å². The van der Waals surface area contributed by atoms with Crippen molar-refractivity contribution in [3.8, 4) is 6.07 Å². The van der Waals surface area contributed by atoms with E-state index in [-0.39, 0.29) is 0 Å². The van der Waals surface area contributed by atoms with E-state index in [9.17, 15) is 0 Å². The first kappa shape index (κ1) is 10.3. The number of nitrogens with two attached hydrogens (primary N) is 1. The SMILES string of the molecule is N#Cc1ccccc1C1CCc2nc(N)sc21. The van der Waals surface area contributed by atoms with Crippen molar-refractivity contribution in [3.63, 3.8) is 0 Å². The summed E-state index contributed by atoms with van der Waals surface area (Å²) in [5.41, 5.74) is 8.73. The van der Waals surface area contributed by atoms with Crippen molar-refractivity contribution in [1.82, 2.24) is 4.98 Å². The molecule has 1 aromatic heterocycles. The summed E-state index contributed by atoms with van der Waals surface area (Å²) in [5.74, 6) is 0.302. The number of hydrogen-bond donors (Lipinski definition) is 1. The van der Waals surface area contributed by atoms with E-state index in [1.165, 1.54) is 4.88 Å². The fourth-order valence-electron chi connectivity index (χ4n) is 2.45. The second-order valence-corrected chi connectivity index (χ2v) is 5.22. The van der Waals surface area contributed by atoms with Gasteiger partial charge in [-0.25, -0.2) is 4.98 Å². The van der Waals surface area contributed by atoms with E-state index in [0.29, 0.717) is 11.0 Å². The molecule has 3 rings (SSSR count). The third kappa shape index (κ3) is 1.60. The second kappa shape index (κ2) is 3.86. The van der Waals surface area contributed by atoms with Crippen LogP contribution in [0, 0.1) is 11.3 Å². The first-order valence-electron chi connectivity index (χ1n) is 5.53. The van der Waals surface area contributed by atoms with E-state index in [0.717, 1.165) is 29.7 Å². The Hall–Kier alpha value is -1.86. The Bertz CT molecular complexity index is 609. The number of benzene rings is 1. The van der Waals surface area contributed by atoms with Gasteiger partial charge in [-0.2, -0.15) is 5.26 Å². The molecule has 17 heavy (non-hydrogen) atoms. The van der Waals surface area contributed by atoms with E-state index in [2.05, 4.69) is 11.1 Å². The lowest BCUT2D eigenvalue weighted by Gasteiger charge is -2.11. The molecular formula is C13H11N3S. The van der Waals surface area contributed by atoms with Gasteiger partial charge in [0.25, 0.3) is 0 Å². The smallest absolute Gasteiger partial charge is 0.180 e. The Kier molecular flexibility index (Phi) is 2.34. The van der Waals surface area contributed by atoms with Crippen LogP contribution in [-0.4, -0.2) is 4.98 Å². The lowest BCUT2D eigenvalue weighted by molar-refractivity contribution is 0.788. The third-order valence-corrected chi connectivity index (χ3v) is 4.23. The van der Waals surface area contributed by atoms with Crippen molar-refractivity contribution in [2.75, 3.05) is 5.73 Å². The summed E-state index contributed by atoms with van der Waals surface area (Å²) in [6.07, 6.45) is 2.00. The fourth-order valence-corrected chi connectivity index (χ4v) is 3.48. The van der Waals surface area contributed by atoms with Crippen LogP contribution < -0.4 is 5.73 Å². The molecule has 0 aliphatic heterocycles. The molecule has 1 atom stereocenters. The molecule has 0 saturated carbocycles. The zero-order valence-electron chi connectivity index (χ0n) is 9.18. The average molecular weight is 241 g/mol. The zero-order valence-corrected chi connectivity index (χ0v) is 10.00. The standard InChI is InChI=1S/C13H11N3S/c14-7-8-3-1-2-4-9(8)10-5-6-11-12(10)17-13(15)16-11/h1-4,10H,5-6H2,(H2,15,16). The van der Waals surface area contributed by atoms with Crippen LogP contribution in [0.3, 0.4) is 0 Å². The molecule has 1 aromatic carbocycles. The number of anilines is 1. The van der Waals surface area contributed by atoms with Gasteiger partial charge in [0.2, 0.25) is 0 Å². The van der Waals surface area contributed by atoms with Gasteiger partial charge in [-0.1, -0.05) is 18.2 Å². The molecule has 84 valence electrons. The summed E-state index contributed by atoms with van der Waals surface area (Å²) in [5, 5.41) is 9.78. The van der Waals surface area contributed by atoms with Crippen LogP contribution in [-0.2, 0) is 6.42 Å². The Balaban J connectivity index is 2.10. The molecule has 0 amide bonds. The van der Waals surface area contributed by atoms with Crippen molar-refractivity contribution in [1.29, 1.82) is 5.26 Å². The van der Waals surface area contributed by atoms with Crippen LogP contribution in [0.5, 0.6) is 0 Å². The van der Waals surface area contributed by atoms with Crippen LogP contribution in [0.4, 0.5) is 5.13 Å². The predicted octanol–water partition coefficient (Wildman–Crippen LogP) is 2.68. The second-order valence-electron chi connectivity index (χ2n) is 4.15. The highest BCUT2D eigenvalue weighted by Gasteiger charge is 2.29. The first-order chi connectivity index (χ1) is 8.29. The van der Waals surface area contributed by atoms with Crippen molar-refractivity contribution in [3.05, 3.63) is 46.0 Å². The van der Waals surface area contributed by atoms with Gasteiger partial charge >= 0.3 is 0 Å². The first-order valence-corrected chi connectivity index (χ1v) is 6.35. The van der Waals surface area contributed by atoms with Crippen molar-refractivity contribution in [2.24, 2.45) is 0 Å². The molecule has 0 saturated heterocycles. The normalized spacial score (nSPS) is 17.7. The largest absolute Gasteiger partial charge is 0.375 e. The summed E-state index contributed by atoms with van der Waals surface area (Å²) in [4.78, 5) is 5.58. The quantitative estimate of drug-likeness (QED) is 0.834. The van der Waals surface area contributed by atoms with E-state index in [1.54, 1.807) is 11.3 Å². The molecule has 1 heterocycles. The molecule has 0 radical (unpaired) electrons. The van der Waals surface area contributed by atoms with E-state index in [4.69, 9.17) is 11.0 Å². The van der Waals surface area contributed by atoms with Crippen LogP contribution in [0.15, 0.2) is 24.3 Å². The van der Waals surface area contributed by atoms with Gasteiger partial charge < -0.3 is 5.73 Å². The van der Waals surface area contributed by atoms with Gasteiger partial charge in [0.05, 0.1) is 17.3 Å². The van der Waals surface area contributed by atoms with E-state index in [1.807, 2.05) is 24.3 Å². The molecule has 4 heteroatoms. The van der Waals surface area contributed by atoms with Gasteiger partial charge in [0.15, 0.2) is 5.13 Å². The molecule has 3 nitrogen and oxygen atoms in total. The molecule has 0 bridgehead atoms. The summed E-state index contributed by atoms with van der Waals surface area (Å²) in [6, 6.07) is 10.1. The molecule has 1 aliphatic carbocycles. The number of aromatic nitrogens is 1. The Labute approximate surface area is 104 Å². The Morgan fingerprint density at radius 2 is 2.24 bits per heavy atom. The molecule has 1 unspecified atom stereocenters. The average Bonchev–Trinajstić information content (AvgIpc) is 2.87. The monoisotopic (exact) mass is 241 g/mol. The van der Waals surface area contributed by atoms with Gasteiger partial charge in [0.1, 0.15) is 0 Å². The van der Waals surface area contributed by atoms with E-state index >= 15 is 0 Å². The summed E-state index contributed by atoms with van der Waals surface area (Å²) >= 11 is 1.56. The molecule has 0 fully saturated rings. The third-order valence-electron chi connectivity index (χ3n) is 3.19. The highest BCUT2D eigenvalue weighted by Crippen LogP contribution is 2.42. The lowest BCUT2D eigenvalue weighted by atomic mass is 9.94. The number of hydrogen-bond acceptors (Lipinski definition) is 4. The lowest BCUT2D eigenvalue weighted by Crippen LogP contribution is -1.97. The number of aryl methyl sites for hydroxylation is 1. The summed E-state index contributed by atoms with van der Waals surface area (Å²) < 4.78 is 0. The van der Waals surface area contributed by atoms with Gasteiger partial charge in [-0.3, -0.25) is 0 Å². The number of rotatable bonds is 1. The maximum absolute atomic E-state index is 9.15. The highest BCUT2D eigenvalue weighted by molar-refractivity contribution is 7.15. The minimum absolute atomic E-state index is 0.302. The molecular weight excluding hydrogens is 230 g/mol. The van der Waals surface area contributed by atoms with Crippen molar-refractivity contribution in [2.45, 2.75) is 18.8 Å². The molecule has 2 N–H and O–H groups in total. The Morgan fingerprint density at radius 1 is 1.41 bits per heavy atom. The molecule has 1 aliphatic rings. The maximum Gasteiger partial charge on any atom is 0.180 e. The summed E-state index contributed by atoms with van der Waals surface area (Å²) in [6.45, 7) is 0. The van der Waals surface area contributed by atoms with Crippen LogP contribution in [0.1, 0.15) is 34.0 Å². The van der Waals surface area contributed by atoms with Crippen LogP contribution in [0.2, 0.25) is 0 Å². The van der Waals surface area contributed by atoms with E-state index < -0.39 is 0 Å². The Morgan fingerprint density at radius 3 is 3.06 bits per heavy atom. The van der Waals surface area contributed by atoms with Gasteiger partial charge in [-0.05, 0) is 24.5 Å². The van der Waals surface area contributed by atoms with Crippen molar-refractivity contribution < 1.29 is 0 Å². The summed E-state index contributed by atoms with van der Waals surface area (Å²) in [7, 11) is 0.